The molecule has 138 valence electrons. The third-order valence-corrected chi connectivity index (χ3v) is 4.65. The highest BCUT2D eigenvalue weighted by Gasteiger charge is 2.22. The van der Waals surface area contributed by atoms with Crippen LogP contribution in [-0.4, -0.2) is 53.8 Å². The Hall–Kier alpha value is -2.63. The highest BCUT2D eigenvalue weighted by molar-refractivity contribution is 5.78. The number of carbonyl (C=O) groups excluding carboxylic acids is 1. The number of amides is 1. The topological polar surface area (TPSA) is 58.6 Å². The van der Waals surface area contributed by atoms with Gasteiger partial charge in [-0.25, -0.2) is 0 Å². The maximum atomic E-state index is 12.4. The Morgan fingerprint density at radius 2 is 1.73 bits per heavy atom. The van der Waals surface area contributed by atoms with Crippen molar-refractivity contribution >= 4 is 11.7 Å². The Kier molecular flexibility index (Phi) is 5.71. The van der Waals surface area contributed by atoms with E-state index in [1.54, 1.807) is 0 Å². The standard InChI is InChI=1S/C20H26N4O2/c1-15(2)17-5-7-18(8-6-17)26-14-20(25)24-12-10-23(11-13-24)19-9-4-16(3)21-22-19/h4-9,15H,10-14H2,1-3H3. The average Bonchev–Trinajstić information content (AvgIpc) is 2.67. The number of ether oxygens (including phenoxy) is 1. The molecule has 0 aliphatic carbocycles. The van der Waals surface area contributed by atoms with Gasteiger partial charge in [-0.1, -0.05) is 26.0 Å². The van der Waals surface area contributed by atoms with Gasteiger partial charge in [0.25, 0.3) is 5.91 Å². The molecule has 1 fully saturated rings. The van der Waals surface area contributed by atoms with E-state index in [0.717, 1.165) is 30.4 Å². The quantitative estimate of drug-likeness (QED) is 0.826. The summed E-state index contributed by atoms with van der Waals surface area (Å²) in [5, 5.41) is 8.31. The molecule has 2 aromatic rings. The first-order valence-corrected chi connectivity index (χ1v) is 9.09. The highest BCUT2D eigenvalue weighted by Crippen LogP contribution is 2.19. The van der Waals surface area contributed by atoms with Crippen LogP contribution in [0.4, 0.5) is 5.82 Å². The molecule has 0 unspecified atom stereocenters. The molecule has 0 bridgehead atoms. The summed E-state index contributed by atoms with van der Waals surface area (Å²) in [7, 11) is 0. The summed E-state index contributed by atoms with van der Waals surface area (Å²) in [6.45, 7) is 9.16. The summed E-state index contributed by atoms with van der Waals surface area (Å²) in [6.07, 6.45) is 0. The van der Waals surface area contributed by atoms with Crippen molar-refractivity contribution in [3.05, 3.63) is 47.7 Å². The van der Waals surface area contributed by atoms with E-state index in [9.17, 15) is 4.79 Å². The minimum atomic E-state index is 0.0209. The number of aromatic nitrogens is 2. The van der Waals surface area contributed by atoms with E-state index < -0.39 is 0 Å². The SMILES string of the molecule is Cc1ccc(N2CCN(C(=O)COc3ccc(C(C)C)cc3)CC2)nn1. The van der Waals surface area contributed by atoms with Crippen LogP contribution in [-0.2, 0) is 4.79 Å². The first-order valence-electron chi connectivity index (χ1n) is 9.09. The molecule has 6 nitrogen and oxygen atoms in total. The number of aryl methyl sites for hydroxylation is 1. The van der Waals surface area contributed by atoms with E-state index in [0.29, 0.717) is 19.0 Å². The van der Waals surface area contributed by atoms with Crippen LogP contribution in [0.5, 0.6) is 5.75 Å². The van der Waals surface area contributed by atoms with E-state index in [2.05, 4.69) is 28.9 Å². The molecule has 1 aliphatic heterocycles. The van der Waals surface area contributed by atoms with Crippen LogP contribution in [0.3, 0.4) is 0 Å². The van der Waals surface area contributed by atoms with Gasteiger partial charge in [0.05, 0.1) is 5.69 Å². The lowest BCUT2D eigenvalue weighted by atomic mass is 10.0. The zero-order valence-corrected chi connectivity index (χ0v) is 15.7. The zero-order chi connectivity index (χ0) is 18.5. The van der Waals surface area contributed by atoms with Crippen LogP contribution in [0, 0.1) is 6.92 Å². The molecule has 1 aromatic heterocycles. The third-order valence-electron chi connectivity index (χ3n) is 4.65. The van der Waals surface area contributed by atoms with Gasteiger partial charge in [-0.3, -0.25) is 4.79 Å². The summed E-state index contributed by atoms with van der Waals surface area (Å²) in [5.41, 5.74) is 2.17. The minimum absolute atomic E-state index is 0.0209. The number of rotatable bonds is 5. The van der Waals surface area contributed by atoms with Crippen molar-refractivity contribution in [2.75, 3.05) is 37.7 Å². The molecule has 0 spiro atoms. The largest absolute Gasteiger partial charge is 0.484 e. The molecule has 1 aliphatic rings. The number of carbonyl (C=O) groups is 1. The fourth-order valence-corrected chi connectivity index (χ4v) is 2.93. The monoisotopic (exact) mass is 354 g/mol. The lowest BCUT2D eigenvalue weighted by Gasteiger charge is -2.35. The smallest absolute Gasteiger partial charge is 0.260 e. The molecular weight excluding hydrogens is 328 g/mol. The number of nitrogens with zero attached hydrogens (tertiary/aromatic N) is 4. The Labute approximate surface area is 154 Å². The molecule has 26 heavy (non-hydrogen) atoms. The minimum Gasteiger partial charge on any atom is -0.484 e. The number of hydrogen-bond donors (Lipinski definition) is 0. The van der Waals surface area contributed by atoms with Gasteiger partial charge in [0, 0.05) is 26.2 Å². The predicted molar refractivity (Wildman–Crippen MR) is 102 cm³/mol. The van der Waals surface area contributed by atoms with Crippen molar-refractivity contribution < 1.29 is 9.53 Å². The molecule has 0 radical (unpaired) electrons. The maximum absolute atomic E-state index is 12.4. The van der Waals surface area contributed by atoms with Gasteiger partial charge in [0.2, 0.25) is 0 Å². The second-order valence-corrected chi connectivity index (χ2v) is 6.91. The second kappa shape index (κ2) is 8.17. The summed E-state index contributed by atoms with van der Waals surface area (Å²) >= 11 is 0. The number of benzene rings is 1. The van der Waals surface area contributed by atoms with Crippen LogP contribution in [0.15, 0.2) is 36.4 Å². The van der Waals surface area contributed by atoms with Gasteiger partial charge in [-0.2, -0.15) is 5.10 Å². The zero-order valence-electron chi connectivity index (χ0n) is 15.7. The summed E-state index contributed by atoms with van der Waals surface area (Å²) < 4.78 is 5.65. The summed E-state index contributed by atoms with van der Waals surface area (Å²) in [5.74, 6) is 2.10. The number of piperazine rings is 1. The lowest BCUT2D eigenvalue weighted by Crippen LogP contribution is -2.50. The maximum Gasteiger partial charge on any atom is 0.260 e. The van der Waals surface area contributed by atoms with E-state index in [-0.39, 0.29) is 12.5 Å². The molecule has 0 saturated carbocycles. The molecule has 1 amide bonds. The van der Waals surface area contributed by atoms with Gasteiger partial charge in [-0.15, -0.1) is 5.10 Å². The van der Waals surface area contributed by atoms with E-state index in [4.69, 9.17) is 4.74 Å². The molecule has 6 heteroatoms. The molecule has 0 atom stereocenters. The Balaban J connectivity index is 1.47. The van der Waals surface area contributed by atoms with E-state index in [1.165, 1.54) is 5.56 Å². The summed E-state index contributed by atoms with van der Waals surface area (Å²) in [4.78, 5) is 16.4. The molecular formula is C20H26N4O2. The van der Waals surface area contributed by atoms with Crippen LogP contribution >= 0.6 is 0 Å². The Morgan fingerprint density at radius 3 is 2.31 bits per heavy atom. The highest BCUT2D eigenvalue weighted by atomic mass is 16.5. The average molecular weight is 354 g/mol. The number of hydrogen-bond acceptors (Lipinski definition) is 5. The normalized spacial score (nSPS) is 14.6. The van der Waals surface area contributed by atoms with Gasteiger partial charge >= 0.3 is 0 Å². The number of anilines is 1. The Bertz CT molecular complexity index is 720. The fraction of sp³-hybridized carbons (Fsp3) is 0.450. The van der Waals surface area contributed by atoms with Gasteiger partial charge in [0.1, 0.15) is 5.75 Å². The Morgan fingerprint density at radius 1 is 1.04 bits per heavy atom. The fourth-order valence-electron chi connectivity index (χ4n) is 2.93. The third kappa shape index (κ3) is 4.50. The van der Waals surface area contributed by atoms with Gasteiger partial charge in [-0.05, 0) is 42.7 Å². The van der Waals surface area contributed by atoms with Crippen LogP contribution in [0.25, 0.3) is 0 Å². The van der Waals surface area contributed by atoms with Crippen molar-refractivity contribution in [3.8, 4) is 5.75 Å². The second-order valence-electron chi connectivity index (χ2n) is 6.91. The van der Waals surface area contributed by atoms with Crippen molar-refractivity contribution in [3.63, 3.8) is 0 Å². The van der Waals surface area contributed by atoms with Crippen molar-refractivity contribution in [2.24, 2.45) is 0 Å². The first kappa shape index (κ1) is 18.2. The van der Waals surface area contributed by atoms with Crippen molar-refractivity contribution in [2.45, 2.75) is 26.7 Å². The van der Waals surface area contributed by atoms with Gasteiger partial charge in [0.15, 0.2) is 12.4 Å². The van der Waals surface area contributed by atoms with Crippen LogP contribution < -0.4 is 9.64 Å². The predicted octanol–water partition coefficient (Wildman–Crippen LogP) is 2.64. The van der Waals surface area contributed by atoms with Crippen LogP contribution in [0.1, 0.15) is 31.0 Å². The van der Waals surface area contributed by atoms with E-state index >= 15 is 0 Å². The van der Waals surface area contributed by atoms with E-state index in [1.807, 2.05) is 48.2 Å². The van der Waals surface area contributed by atoms with Crippen molar-refractivity contribution in [1.29, 1.82) is 0 Å². The van der Waals surface area contributed by atoms with Crippen LogP contribution in [0.2, 0.25) is 0 Å². The molecule has 0 N–H and O–H groups in total. The molecule has 1 aromatic carbocycles. The summed E-state index contributed by atoms with van der Waals surface area (Å²) in [6, 6.07) is 11.9. The van der Waals surface area contributed by atoms with Crippen molar-refractivity contribution in [1.82, 2.24) is 15.1 Å². The molecule has 2 heterocycles. The first-order chi connectivity index (χ1) is 12.5. The molecule has 1 saturated heterocycles. The molecule has 3 rings (SSSR count). The van der Waals surface area contributed by atoms with Gasteiger partial charge < -0.3 is 14.5 Å². The lowest BCUT2D eigenvalue weighted by molar-refractivity contribution is -0.133.